The van der Waals surface area contributed by atoms with Gasteiger partial charge in [-0.1, -0.05) is 30.3 Å². The van der Waals surface area contributed by atoms with Gasteiger partial charge in [0.2, 0.25) is 0 Å². The quantitative estimate of drug-likeness (QED) is 0.361. The van der Waals surface area contributed by atoms with E-state index in [0.717, 1.165) is 11.6 Å². The Labute approximate surface area is 155 Å². The highest BCUT2D eigenvalue weighted by atomic mass is 16.6. The lowest BCUT2D eigenvalue weighted by atomic mass is 10.2. The number of carbonyl (C=O) groups is 1. The van der Waals surface area contributed by atoms with E-state index in [1.54, 1.807) is 12.4 Å². The molecule has 0 atom stereocenters. The van der Waals surface area contributed by atoms with Gasteiger partial charge in [0.1, 0.15) is 12.4 Å². The maximum Gasteiger partial charge on any atom is 0.338 e. The summed E-state index contributed by atoms with van der Waals surface area (Å²) in [6.07, 6.45) is 3.43. The van der Waals surface area contributed by atoms with Gasteiger partial charge in [-0.3, -0.25) is 10.1 Å². The number of aromatic nitrogens is 2. The summed E-state index contributed by atoms with van der Waals surface area (Å²) in [4.78, 5) is 26.9. The average molecular weight is 367 g/mol. The van der Waals surface area contributed by atoms with Gasteiger partial charge in [0.25, 0.3) is 0 Å². The van der Waals surface area contributed by atoms with Gasteiger partial charge in [0, 0.05) is 25.0 Å². The molecule has 0 amide bonds. The van der Waals surface area contributed by atoms with Crippen molar-refractivity contribution >= 4 is 11.7 Å². The van der Waals surface area contributed by atoms with Crippen molar-refractivity contribution in [3.05, 3.63) is 88.0 Å². The molecular formula is C19H17N3O5. The molecule has 0 bridgehead atoms. The summed E-state index contributed by atoms with van der Waals surface area (Å²) in [7, 11) is 1.33. The number of benzene rings is 2. The van der Waals surface area contributed by atoms with E-state index in [4.69, 9.17) is 9.47 Å². The highest BCUT2D eigenvalue weighted by Crippen LogP contribution is 2.27. The number of nitrogens with zero attached hydrogens (tertiary/aromatic N) is 3. The van der Waals surface area contributed by atoms with E-state index in [2.05, 4.69) is 4.98 Å². The van der Waals surface area contributed by atoms with Crippen LogP contribution in [-0.4, -0.2) is 27.6 Å². The second-order valence-corrected chi connectivity index (χ2v) is 5.68. The molecule has 0 fully saturated rings. The lowest BCUT2D eigenvalue weighted by molar-refractivity contribution is -0.385. The first-order chi connectivity index (χ1) is 13.1. The average Bonchev–Trinajstić information content (AvgIpc) is 3.13. The molecule has 1 heterocycles. The van der Waals surface area contributed by atoms with E-state index < -0.39 is 10.9 Å². The Morgan fingerprint density at radius 1 is 1.22 bits per heavy atom. The van der Waals surface area contributed by atoms with E-state index in [-0.39, 0.29) is 23.6 Å². The third kappa shape index (κ3) is 4.30. The number of rotatable bonds is 7. The summed E-state index contributed by atoms with van der Waals surface area (Å²) in [5.41, 5.74) is 0.870. The number of hydrogen-bond donors (Lipinski definition) is 0. The van der Waals surface area contributed by atoms with E-state index >= 15 is 0 Å². The SMILES string of the molecule is COc1ccc(C(=O)OCc2nccn2Cc2ccccc2)cc1[N+](=O)[O-]. The minimum Gasteiger partial charge on any atom is -0.490 e. The van der Waals surface area contributed by atoms with Gasteiger partial charge < -0.3 is 14.0 Å². The molecule has 8 heteroatoms. The van der Waals surface area contributed by atoms with Crippen LogP contribution in [-0.2, 0) is 17.9 Å². The summed E-state index contributed by atoms with van der Waals surface area (Å²) in [6, 6.07) is 13.7. The summed E-state index contributed by atoms with van der Waals surface area (Å²) in [6.45, 7) is 0.556. The van der Waals surface area contributed by atoms with Gasteiger partial charge in [-0.15, -0.1) is 0 Å². The number of carbonyl (C=O) groups excluding carboxylic acids is 1. The maximum atomic E-state index is 12.3. The van der Waals surface area contributed by atoms with Crippen LogP contribution in [0, 0.1) is 10.1 Å². The normalized spacial score (nSPS) is 10.4. The van der Waals surface area contributed by atoms with Crippen molar-refractivity contribution in [2.75, 3.05) is 7.11 Å². The van der Waals surface area contributed by atoms with Gasteiger partial charge in [-0.25, -0.2) is 9.78 Å². The summed E-state index contributed by atoms with van der Waals surface area (Å²) >= 11 is 0. The first kappa shape index (κ1) is 18.1. The van der Waals surface area contributed by atoms with E-state index in [0.29, 0.717) is 12.4 Å². The second-order valence-electron chi connectivity index (χ2n) is 5.68. The molecule has 0 saturated heterocycles. The Morgan fingerprint density at radius 3 is 2.70 bits per heavy atom. The number of nitro groups is 1. The monoisotopic (exact) mass is 367 g/mol. The van der Waals surface area contributed by atoms with Gasteiger partial charge in [-0.05, 0) is 17.7 Å². The third-order valence-corrected chi connectivity index (χ3v) is 3.94. The first-order valence-electron chi connectivity index (χ1n) is 8.12. The van der Waals surface area contributed by atoms with Crippen molar-refractivity contribution in [3.8, 4) is 5.75 Å². The fourth-order valence-corrected chi connectivity index (χ4v) is 2.58. The van der Waals surface area contributed by atoms with Crippen LogP contribution >= 0.6 is 0 Å². The molecule has 138 valence electrons. The third-order valence-electron chi connectivity index (χ3n) is 3.94. The number of hydrogen-bond acceptors (Lipinski definition) is 6. The largest absolute Gasteiger partial charge is 0.490 e. The summed E-state index contributed by atoms with van der Waals surface area (Å²) in [5, 5.41) is 11.1. The second kappa shape index (κ2) is 8.13. The predicted molar refractivity (Wildman–Crippen MR) is 96.5 cm³/mol. The van der Waals surface area contributed by atoms with Gasteiger partial charge >= 0.3 is 11.7 Å². The van der Waals surface area contributed by atoms with Crippen LogP contribution in [0.15, 0.2) is 60.9 Å². The predicted octanol–water partition coefficient (Wildman–Crippen LogP) is 3.21. The van der Waals surface area contributed by atoms with Crippen LogP contribution < -0.4 is 4.74 Å². The van der Waals surface area contributed by atoms with Crippen molar-refractivity contribution in [2.45, 2.75) is 13.2 Å². The Morgan fingerprint density at radius 2 is 2.00 bits per heavy atom. The van der Waals surface area contributed by atoms with E-state index in [9.17, 15) is 14.9 Å². The van der Waals surface area contributed by atoms with Crippen LogP contribution in [0.4, 0.5) is 5.69 Å². The van der Waals surface area contributed by atoms with Crippen LogP contribution in [0.25, 0.3) is 0 Å². The molecule has 8 nitrogen and oxygen atoms in total. The van der Waals surface area contributed by atoms with Crippen molar-refractivity contribution in [3.63, 3.8) is 0 Å². The molecule has 3 aromatic rings. The Balaban J connectivity index is 1.69. The first-order valence-corrected chi connectivity index (χ1v) is 8.12. The fraction of sp³-hybridized carbons (Fsp3) is 0.158. The topological polar surface area (TPSA) is 96.5 Å². The van der Waals surface area contributed by atoms with Crippen molar-refractivity contribution in [1.29, 1.82) is 0 Å². The highest BCUT2D eigenvalue weighted by molar-refractivity contribution is 5.90. The molecule has 0 aliphatic rings. The van der Waals surface area contributed by atoms with Gasteiger partial charge in [0.15, 0.2) is 5.75 Å². The number of ether oxygens (including phenoxy) is 2. The number of imidazole rings is 1. The number of nitro benzene ring substituents is 1. The molecule has 1 aromatic heterocycles. The maximum absolute atomic E-state index is 12.3. The Bertz CT molecular complexity index is 953. The summed E-state index contributed by atoms with van der Waals surface area (Å²) < 4.78 is 12.1. The van der Waals surface area contributed by atoms with Gasteiger partial charge in [-0.2, -0.15) is 0 Å². The molecule has 0 spiro atoms. The highest BCUT2D eigenvalue weighted by Gasteiger charge is 2.19. The zero-order valence-corrected chi connectivity index (χ0v) is 14.6. The molecule has 0 N–H and O–H groups in total. The van der Waals surface area contributed by atoms with Crippen LogP contribution in [0.1, 0.15) is 21.7 Å². The number of esters is 1. The standard InChI is InChI=1S/C19H17N3O5/c1-26-17-8-7-15(11-16(17)22(24)25)19(23)27-13-18-20-9-10-21(18)12-14-5-3-2-4-6-14/h2-11H,12-13H2,1H3. The Kier molecular flexibility index (Phi) is 5.46. The minimum atomic E-state index is -0.671. The van der Waals surface area contributed by atoms with Crippen LogP contribution in [0.3, 0.4) is 0 Å². The molecule has 0 unspecified atom stereocenters. The molecule has 0 radical (unpaired) electrons. The van der Waals surface area contributed by atoms with Crippen molar-refractivity contribution in [2.24, 2.45) is 0 Å². The molecule has 0 aliphatic carbocycles. The van der Waals surface area contributed by atoms with Crippen molar-refractivity contribution < 1.29 is 19.2 Å². The zero-order chi connectivity index (χ0) is 19.2. The molecule has 27 heavy (non-hydrogen) atoms. The molecule has 0 aliphatic heterocycles. The number of methoxy groups -OCH3 is 1. The smallest absolute Gasteiger partial charge is 0.338 e. The van der Waals surface area contributed by atoms with E-state index in [1.807, 2.05) is 34.9 Å². The lowest BCUT2D eigenvalue weighted by Crippen LogP contribution is -2.11. The van der Waals surface area contributed by atoms with Crippen LogP contribution in [0.2, 0.25) is 0 Å². The van der Waals surface area contributed by atoms with Gasteiger partial charge in [0.05, 0.1) is 17.6 Å². The zero-order valence-electron chi connectivity index (χ0n) is 14.6. The molecule has 0 saturated carbocycles. The molecular weight excluding hydrogens is 350 g/mol. The molecule has 2 aromatic carbocycles. The Hall–Kier alpha value is -3.68. The molecule has 3 rings (SSSR count). The van der Waals surface area contributed by atoms with E-state index in [1.165, 1.54) is 19.2 Å². The van der Waals surface area contributed by atoms with Crippen LogP contribution in [0.5, 0.6) is 5.75 Å². The summed E-state index contributed by atoms with van der Waals surface area (Å²) in [5.74, 6) is -0.0137. The van der Waals surface area contributed by atoms with Crippen molar-refractivity contribution in [1.82, 2.24) is 9.55 Å². The minimum absolute atomic E-state index is 0.0432. The lowest BCUT2D eigenvalue weighted by Gasteiger charge is -2.09. The fourth-order valence-electron chi connectivity index (χ4n) is 2.58.